The Labute approximate surface area is 48.4 Å². The first-order valence-corrected chi connectivity index (χ1v) is 5.21. The minimum atomic E-state index is -1.29. The van der Waals surface area contributed by atoms with Gasteiger partial charge in [-0.3, -0.25) is 0 Å². The fourth-order valence-corrected chi connectivity index (χ4v) is 1.30. The van der Waals surface area contributed by atoms with Gasteiger partial charge in [-0.25, -0.2) is 8.78 Å². The third kappa shape index (κ3) is 4.22. The van der Waals surface area contributed by atoms with Gasteiger partial charge in [0.05, 0.1) is 0 Å². The van der Waals surface area contributed by atoms with Crippen molar-refractivity contribution < 1.29 is 8.78 Å². The Balaban J connectivity index is 2.83. The number of rotatable bonds is 3. The van der Waals surface area contributed by atoms with Crippen LogP contribution in [0.1, 0.15) is 0 Å². The lowest BCUT2D eigenvalue weighted by Crippen LogP contribution is -2.02. The predicted octanol–water partition coefficient (Wildman–Crippen LogP) is 1.03. The van der Waals surface area contributed by atoms with Crippen LogP contribution in [-0.4, -0.2) is 21.7 Å². The van der Waals surface area contributed by atoms with E-state index in [2.05, 4.69) is 0 Å². The highest BCUT2D eigenvalue weighted by Crippen LogP contribution is 1.98. The molecule has 0 heterocycles. The van der Waals surface area contributed by atoms with Crippen LogP contribution in [0.3, 0.4) is 0 Å². The van der Waals surface area contributed by atoms with Crippen molar-refractivity contribution >= 4 is 19.9 Å². The Morgan fingerprint density at radius 1 is 1.71 bits per heavy atom. The average Bonchev–Trinajstić information content (AvgIpc) is 1.68. The summed E-state index contributed by atoms with van der Waals surface area (Å²) in [5.41, 5.74) is 0. The average molecular weight is 145 g/mol. The Hall–Kier alpha value is 0.367. The first-order chi connectivity index (χ1) is 3.31. The van der Waals surface area contributed by atoms with E-state index >= 15 is 0 Å². The van der Waals surface area contributed by atoms with Gasteiger partial charge in [0.15, 0.2) is 0 Å². The number of halogens is 3. The summed E-state index contributed by atoms with van der Waals surface area (Å²) in [7, 11) is -0.787. The molecule has 0 aliphatic heterocycles. The van der Waals surface area contributed by atoms with E-state index < -0.39 is 21.7 Å². The summed E-state index contributed by atoms with van der Waals surface area (Å²) in [4.78, 5) is 0. The third-order valence-electron chi connectivity index (χ3n) is 0.590. The Kier molecular flexibility index (Phi) is 4.76. The molecular formula is C3H7ClF2Si. The highest BCUT2D eigenvalue weighted by Gasteiger charge is 2.02. The van der Waals surface area contributed by atoms with Gasteiger partial charge in [0.1, 0.15) is 21.7 Å². The Morgan fingerprint density at radius 2 is 2.29 bits per heavy atom. The Morgan fingerprint density at radius 3 is 2.43 bits per heavy atom. The van der Waals surface area contributed by atoms with Crippen LogP contribution in [0.5, 0.6) is 0 Å². The number of alkyl halides is 2. The molecule has 0 spiro atoms. The van der Waals surface area contributed by atoms with E-state index in [0.29, 0.717) is 0 Å². The number of hydrogen-bond acceptors (Lipinski definition) is 0. The minimum Gasteiger partial charge on any atom is -0.248 e. The van der Waals surface area contributed by atoms with Crippen LogP contribution in [0, 0.1) is 0 Å². The van der Waals surface area contributed by atoms with E-state index in [0.717, 1.165) is 0 Å². The first kappa shape index (κ1) is 7.37. The van der Waals surface area contributed by atoms with E-state index in [4.69, 9.17) is 11.1 Å². The second-order valence-electron chi connectivity index (χ2n) is 1.23. The molecule has 0 nitrogen and oxygen atoms in total. The van der Waals surface area contributed by atoms with Crippen molar-refractivity contribution in [1.82, 2.24) is 0 Å². The SMILES string of the molecule is FCC(F)C[SiH2]Cl. The van der Waals surface area contributed by atoms with E-state index in [1.807, 2.05) is 0 Å². The van der Waals surface area contributed by atoms with Gasteiger partial charge < -0.3 is 0 Å². The molecule has 0 bridgehead atoms. The first-order valence-electron chi connectivity index (χ1n) is 2.07. The Bertz CT molecular complexity index is 43.9. The molecule has 1 atom stereocenters. The van der Waals surface area contributed by atoms with Crippen LogP contribution in [0.4, 0.5) is 8.78 Å². The molecule has 0 rings (SSSR count). The highest BCUT2D eigenvalue weighted by molar-refractivity contribution is 6.93. The maximum Gasteiger partial charge on any atom is 0.128 e. The maximum atomic E-state index is 11.7. The van der Waals surface area contributed by atoms with E-state index in [1.165, 1.54) is 0 Å². The molecule has 0 radical (unpaired) electrons. The predicted molar refractivity (Wildman–Crippen MR) is 30.1 cm³/mol. The molecule has 0 saturated carbocycles. The molecular weight excluding hydrogens is 138 g/mol. The fraction of sp³-hybridized carbons (Fsp3) is 1.00. The van der Waals surface area contributed by atoms with Gasteiger partial charge in [0.25, 0.3) is 0 Å². The molecule has 0 fully saturated rings. The molecule has 1 unspecified atom stereocenters. The summed E-state index contributed by atoms with van der Waals surface area (Å²) in [5, 5.41) is 0. The van der Waals surface area contributed by atoms with Gasteiger partial charge in [-0.15, -0.1) is 0 Å². The van der Waals surface area contributed by atoms with Crippen LogP contribution < -0.4 is 0 Å². The van der Waals surface area contributed by atoms with Gasteiger partial charge in [0, 0.05) is 0 Å². The quantitative estimate of drug-likeness (QED) is 0.410. The normalized spacial score (nSPS) is 15.9. The van der Waals surface area contributed by atoms with E-state index in [-0.39, 0.29) is 6.04 Å². The van der Waals surface area contributed by atoms with E-state index in [9.17, 15) is 8.78 Å². The molecule has 44 valence electrons. The van der Waals surface area contributed by atoms with Crippen molar-refractivity contribution in [3.63, 3.8) is 0 Å². The smallest absolute Gasteiger partial charge is 0.128 e. The van der Waals surface area contributed by atoms with Gasteiger partial charge in [-0.1, -0.05) is 0 Å². The molecule has 0 aliphatic rings. The highest BCUT2D eigenvalue weighted by atomic mass is 35.6. The fourth-order valence-electron chi connectivity index (χ4n) is 0.196. The van der Waals surface area contributed by atoms with Crippen LogP contribution in [-0.2, 0) is 0 Å². The van der Waals surface area contributed by atoms with Crippen molar-refractivity contribution in [2.75, 3.05) is 6.67 Å². The molecule has 0 aliphatic carbocycles. The second kappa shape index (κ2) is 4.52. The van der Waals surface area contributed by atoms with Crippen LogP contribution >= 0.6 is 11.1 Å². The number of hydrogen-bond donors (Lipinski definition) is 0. The summed E-state index contributed by atoms with van der Waals surface area (Å²) in [5.74, 6) is 0. The van der Waals surface area contributed by atoms with Crippen molar-refractivity contribution in [3.8, 4) is 0 Å². The molecule has 7 heavy (non-hydrogen) atoms. The standard InChI is InChI=1S/C3H7ClF2Si/c4-7-2-3(6)1-5/h3H,1-2,7H2. The van der Waals surface area contributed by atoms with Crippen molar-refractivity contribution in [1.29, 1.82) is 0 Å². The maximum absolute atomic E-state index is 11.7. The van der Waals surface area contributed by atoms with Crippen LogP contribution in [0.15, 0.2) is 0 Å². The van der Waals surface area contributed by atoms with Gasteiger partial charge in [0.2, 0.25) is 0 Å². The largest absolute Gasteiger partial charge is 0.248 e. The molecule has 4 heteroatoms. The topological polar surface area (TPSA) is 0 Å². The summed E-state index contributed by atoms with van der Waals surface area (Å²) in [6.45, 7) is -0.875. The lowest BCUT2D eigenvalue weighted by atomic mass is 10.5. The zero-order valence-electron chi connectivity index (χ0n) is 3.83. The van der Waals surface area contributed by atoms with Crippen molar-refractivity contribution in [3.05, 3.63) is 0 Å². The van der Waals surface area contributed by atoms with Crippen LogP contribution in [0.25, 0.3) is 0 Å². The molecule has 0 saturated heterocycles. The lowest BCUT2D eigenvalue weighted by Gasteiger charge is -1.94. The van der Waals surface area contributed by atoms with Crippen LogP contribution in [0.2, 0.25) is 6.04 Å². The van der Waals surface area contributed by atoms with Gasteiger partial charge >= 0.3 is 0 Å². The summed E-state index contributed by atoms with van der Waals surface area (Å²) < 4.78 is 22.9. The zero-order chi connectivity index (χ0) is 5.70. The van der Waals surface area contributed by atoms with Gasteiger partial charge in [-0.2, -0.15) is 11.1 Å². The monoisotopic (exact) mass is 144 g/mol. The summed E-state index contributed by atoms with van der Waals surface area (Å²) >= 11 is 5.21. The minimum absolute atomic E-state index is 0.262. The zero-order valence-corrected chi connectivity index (χ0v) is 6.00. The summed E-state index contributed by atoms with van der Waals surface area (Å²) in [6.07, 6.45) is -1.29. The lowest BCUT2D eigenvalue weighted by molar-refractivity contribution is 0.281. The van der Waals surface area contributed by atoms with Crippen molar-refractivity contribution in [2.24, 2.45) is 0 Å². The van der Waals surface area contributed by atoms with Crippen molar-refractivity contribution in [2.45, 2.75) is 12.2 Å². The third-order valence-corrected chi connectivity index (χ3v) is 2.09. The summed E-state index contributed by atoms with van der Waals surface area (Å²) in [6, 6.07) is 0.262. The van der Waals surface area contributed by atoms with Gasteiger partial charge in [-0.05, 0) is 6.04 Å². The molecule has 0 N–H and O–H groups in total. The second-order valence-corrected chi connectivity index (χ2v) is 3.32. The molecule has 0 aromatic rings. The molecule has 0 amide bonds. The molecule has 0 aromatic carbocycles. The van der Waals surface area contributed by atoms with E-state index in [1.54, 1.807) is 0 Å². The molecule has 0 aromatic heterocycles.